The summed E-state index contributed by atoms with van der Waals surface area (Å²) in [7, 11) is 0. The fourth-order valence-electron chi connectivity index (χ4n) is 3.33. The van der Waals surface area contributed by atoms with Gasteiger partial charge in [-0.1, -0.05) is 68.4 Å². The highest BCUT2D eigenvalue weighted by atomic mass is 16.2. The first-order chi connectivity index (χ1) is 13.6. The van der Waals surface area contributed by atoms with E-state index in [-0.39, 0.29) is 5.91 Å². The van der Waals surface area contributed by atoms with Crippen LogP contribution in [0.15, 0.2) is 59.7 Å². The molecule has 2 aromatic rings. The Labute approximate surface area is 168 Å². The number of nitrogens with one attached hydrogen (secondary N) is 1. The standard InChI is InChI=1S/C23H30N4O/c1-19(2)22-10-8-20(9-11-22)16-24-25-23(28)18-27-14-12-26(13-15-27)17-21-6-4-3-5-7-21/h3-11,16,19H,12-15,17-18H2,1-2H3,(H,25,28). The van der Waals surface area contributed by atoms with Gasteiger partial charge in [0.1, 0.15) is 0 Å². The highest BCUT2D eigenvalue weighted by Crippen LogP contribution is 2.13. The quantitative estimate of drug-likeness (QED) is 0.595. The number of hydrogen-bond acceptors (Lipinski definition) is 4. The summed E-state index contributed by atoms with van der Waals surface area (Å²) in [4.78, 5) is 16.8. The number of amides is 1. The maximum atomic E-state index is 12.1. The predicted octanol–water partition coefficient (Wildman–Crippen LogP) is 3.08. The van der Waals surface area contributed by atoms with Gasteiger partial charge in [-0.3, -0.25) is 14.6 Å². The van der Waals surface area contributed by atoms with Crippen molar-refractivity contribution in [3.05, 3.63) is 71.3 Å². The minimum absolute atomic E-state index is 0.0634. The van der Waals surface area contributed by atoms with Gasteiger partial charge in [-0.15, -0.1) is 0 Å². The first kappa shape index (κ1) is 20.2. The summed E-state index contributed by atoms with van der Waals surface area (Å²) < 4.78 is 0. The normalized spacial score (nSPS) is 16.0. The van der Waals surface area contributed by atoms with Gasteiger partial charge in [0.05, 0.1) is 12.8 Å². The summed E-state index contributed by atoms with van der Waals surface area (Å²) in [6.45, 7) is 9.47. The van der Waals surface area contributed by atoms with Crippen molar-refractivity contribution in [3.8, 4) is 0 Å². The number of nitrogens with zero attached hydrogens (tertiary/aromatic N) is 3. The fourth-order valence-corrected chi connectivity index (χ4v) is 3.33. The van der Waals surface area contributed by atoms with E-state index in [4.69, 9.17) is 0 Å². The van der Waals surface area contributed by atoms with E-state index >= 15 is 0 Å². The third kappa shape index (κ3) is 6.29. The Morgan fingerprint density at radius 2 is 1.64 bits per heavy atom. The number of piperazine rings is 1. The highest BCUT2D eigenvalue weighted by Gasteiger charge is 2.18. The van der Waals surface area contributed by atoms with Crippen molar-refractivity contribution in [2.24, 2.45) is 5.10 Å². The van der Waals surface area contributed by atoms with E-state index < -0.39 is 0 Å². The molecule has 0 atom stereocenters. The second-order valence-electron chi connectivity index (χ2n) is 7.65. The van der Waals surface area contributed by atoms with Crippen LogP contribution in [0, 0.1) is 0 Å². The van der Waals surface area contributed by atoms with Crippen LogP contribution in [0.1, 0.15) is 36.5 Å². The molecule has 0 bridgehead atoms. The number of hydrazone groups is 1. The van der Waals surface area contributed by atoms with Crippen LogP contribution in [0.5, 0.6) is 0 Å². The lowest BCUT2D eigenvalue weighted by molar-refractivity contribution is -0.122. The Bertz CT molecular complexity index is 763. The molecule has 1 aliphatic rings. The molecule has 1 saturated heterocycles. The van der Waals surface area contributed by atoms with Crippen molar-refractivity contribution in [3.63, 3.8) is 0 Å². The monoisotopic (exact) mass is 378 g/mol. The van der Waals surface area contributed by atoms with E-state index in [9.17, 15) is 4.79 Å². The number of carbonyl (C=O) groups is 1. The molecule has 1 heterocycles. The Kier molecular flexibility index (Phi) is 7.34. The van der Waals surface area contributed by atoms with Gasteiger partial charge < -0.3 is 0 Å². The Hall–Kier alpha value is -2.50. The average Bonchev–Trinajstić information content (AvgIpc) is 2.71. The molecule has 1 N–H and O–H groups in total. The molecule has 3 rings (SSSR count). The lowest BCUT2D eigenvalue weighted by Crippen LogP contribution is -2.48. The second-order valence-corrected chi connectivity index (χ2v) is 7.65. The molecule has 1 fully saturated rings. The summed E-state index contributed by atoms with van der Waals surface area (Å²) in [5.74, 6) is 0.449. The van der Waals surface area contributed by atoms with Gasteiger partial charge in [-0.25, -0.2) is 5.43 Å². The zero-order chi connectivity index (χ0) is 19.8. The molecule has 0 unspecified atom stereocenters. The van der Waals surface area contributed by atoms with Crippen molar-refractivity contribution >= 4 is 12.1 Å². The van der Waals surface area contributed by atoms with Crippen LogP contribution in [0.2, 0.25) is 0 Å². The first-order valence-electron chi connectivity index (χ1n) is 10.0. The largest absolute Gasteiger partial charge is 0.297 e. The molecule has 0 aromatic heterocycles. The molecule has 5 nitrogen and oxygen atoms in total. The van der Waals surface area contributed by atoms with Crippen LogP contribution in [0.25, 0.3) is 0 Å². The summed E-state index contributed by atoms with van der Waals surface area (Å²) in [6, 6.07) is 18.8. The molecule has 0 radical (unpaired) electrons. The lowest BCUT2D eigenvalue weighted by atomic mass is 10.0. The van der Waals surface area contributed by atoms with Crippen LogP contribution < -0.4 is 5.43 Å². The SMILES string of the molecule is CC(C)c1ccc(C=NNC(=O)CN2CCN(Cc3ccccc3)CC2)cc1. The Balaban J connectivity index is 1.37. The number of rotatable bonds is 7. The minimum atomic E-state index is -0.0634. The topological polar surface area (TPSA) is 47.9 Å². The third-order valence-corrected chi connectivity index (χ3v) is 5.09. The molecule has 0 spiro atoms. The summed E-state index contributed by atoms with van der Waals surface area (Å²) in [5, 5.41) is 4.09. The summed E-state index contributed by atoms with van der Waals surface area (Å²) >= 11 is 0. The molecule has 2 aromatic carbocycles. The van der Waals surface area contributed by atoms with Gasteiger partial charge in [-0.05, 0) is 22.6 Å². The zero-order valence-electron chi connectivity index (χ0n) is 16.8. The van der Waals surface area contributed by atoms with Crippen LogP contribution in [-0.4, -0.2) is 54.6 Å². The molecule has 5 heteroatoms. The van der Waals surface area contributed by atoms with Crippen LogP contribution in [0.4, 0.5) is 0 Å². The van der Waals surface area contributed by atoms with Gasteiger partial charge >= 0.3 is 0 Å². The van der Waals surface area contributed by atoms with E-state index in [1.54, 1.807) is 6.21 Å². The van der Waals surface area contributed by atoms with Crippen molar-refractivity contribution in [2.45, 2.75) is 26.3 Å². The van der Waals surface area contributed by atoms with Crippen LogP contribution in [0.3, 0.4) is 0 Å². The number of hydrogen-bond donors (Lipinski definition) is 1. The van der Waals surface area contributed by atoms with Crippen molar-refractivity contribution in [1.29, 1.82) is 0 Å². The molecule has 1 amide bonds. The minimum Gasteiger partial charge on any atom is -0.297 e. The third-order valence-electron chi connectivity index (χ3n) is 5.09. The summed E-state index contributed by atoms with van der Waals surface area (Å²) in [5.41, 5.74) is 6.26. The van der Waals surface area contributed by atoms with E-state index in [1.807, 2.05) is 18.2 Å². The molecular formula is C23H30N4O. The number of carbonyl (C=O) groups excluding carboxylic acids is 1. The maximum absolute atomic E-state index is 12.1. The molecule has 0 aliphatic carbocycles. The predicted molar refractivity (Wildman–Crippen MR) is 114 cm³/mol. The molecule has 0 saturated carbocycles. The van der Waals surface area contributed by atoms with Gasteiger partial charge in [0.15, 0.2) is 0 Å². The summed E-state index contributed by atoms with van der Waals surface area (Å²) in [6.07, 6.45) is 1.69. The molecule has 148 valence electrons. The Morgan fingerprint density at radius 3 is 2.29 bits per heavy atom. The van der Waals surface area contributed by atoms with Crippen molar-refractivity contribution in [2.75, 3.05) is 32.7 Å². The Morgan fingerprint density at radius 1 is 1.00 bits per heavy atom. The first-order valence-corrected chi connectivity index (χ1v) is 10.0. The smallest absolute Gasteiger partial charge is 0.254 e. The van der Waals surface area contributed by atoms with Gasteiger partial charge in [0.2, 0.25) is 0 Å². The highest BCUT2D eigenvalue weighted by molar-refractivity contribution is 5.83. The van der Waals surface area contributed by atoms with Gasteiger partial charge in [0.25, 0.3) is 5.91 Å². The van der Waals surface area contributed by atoms with Crippen LogP contribution >= 0.6 is 0 Å². The molecule has 28 heavy (non-hydrogen) atoms. The van der Waals surface area contributed by atoms with Crippen molar-refractivity contribution in [1.82, 2.24) is 15.2 Å². The molecular weight excluding hydrogens is 348 g/mol. The van der Waals surface area contributed by atoms with Gasteiger partial charge in [0, 0.05) is 32.7 Å². The average molecular weight is 379 g/mol. The second kappa shape index (κ2) is 10.2. The van der Waals surface area contributed by atoms with E-state index in [2.05, 4.69) is 70.6 Å². The molecule has 1 aliphatic heterocycles. The van der Waals surface area contributed by atoms with E-state index in [0.29, 0.717) is 12.5 Å². The van der Waals surface area contributed by atoms with Gasteiger partial charge in [-0.2, -0.15) is 5.10 Å². The number of benzene rings is 2. The van der Waals surface area contributed by atoms with E-state index in [1.165, 1.54) is 11.1 Å². The zero-order valence-corrected chi connectivity index (χ0v) is 16.8. The maximum Gasteiger partial charge on any atom is 0.254 e. The van der Waals surface area contributed by atoms with E-state index in [0.717, 1.165) is 38.3 Å². The van der Waals surface area contributed by atoms with Crippen molar-refractivity contribution < 1.29 is 4.79 Å². The van der Waals surface area contributed by atoms with Crippen LogP contribution in [-0.2, 0) is 11.3 Å². The lowest BCUT2D eigenvalue weighted by Gasteiger charge is -2.34. The fraction of sp³-hybridized carbons (Fsp3) is 0.391.